The average Bonchev–Trinajstić information content (AvgIpc) is 3.14. The zero-order chi connectivity index (χ0) is 17.6. The average molecular weight is 374 g/mol. The molecule has 0 aromatic carbocycles. The number of sulfonamides is 1. The normalized spacial score (nSPS) is 19.5. The molecule has 1 saturated heterocycles. The van der Waals surface area contributed by atoms with Crippen LogP contribution in [0.4, 0.5) is 0 Å². The summed E-state index contributed by atoms with van der Waals surface area (Å²) in [4.78, 5) is 14.6. The first-order valence-electron chi connectivity index (χ1n) is 8.52. The Hall–Kier alpha value is -0.960. The Labute approximate surface area is 148 Å². The first-order chi connectivity index (χ1) is 11.5. The van der Waals surface area contributed by atoms with Crippen LogP contribution in [0.3, 0.4) is 0 Å². The predicted octanol–water partition coefficient (Wildman–Crippen LogP) is 1.61. The van der Waals surface area contributed by atoms with Crippen LogP contribution < -0.4 is 5.32 Å². The summed E-state index contributed by atoms with van der Waals surface area (Å²) in [5.74, 6) is -0.293. The van der Waals surface area contributed by atoms with E-state index < -0.39 is 10.0 Å². The van der Waals surface area contributed by atoms with Crippen LogP contribution >= 0.6 is 11.3 Å². The number of nitrogens with zero attached hydrogens (tertiary/aromatic N) is 2. The molecule has 0 spiro atoms. The summed E-state index contributed by atoms with van der Waals surface area (Å²) in [5, 5.41) is 4.72. The van der Waals surface area contributed by atoms with Gasteiger partial charge in [-0.1, -0.05) is 19.9 Å². The lowest BCUT2D eigenvalue weighted by atomic mass is 9.99. The van der Waals surface area contributed by atoms with Gasteiger partial charge in [0.1, 0.15) is 4.21 Å². The number of amides is 1. The van der Waals surface area contributed by atoms with Gasteiger partial charge in [-0.25, -0.2) is 8.42 Å². The van der Waals surface area contributed by atoms with Crippen LogP contribution in [0.2, 0.25) is 0 Å². The SMILES string of the molecule is CCN(CC)CCNC(=O)C1CCCN(S(=O)(=O)c2cccs2)C1. The number of hydrogen-bond donors (Lipinski definition) is 1. The first-order valence-corrected chi connectivity index (χ1v) is 10.8. The molecule has 6 nitrogen and oxygen atoms in total. The molecule has 24 heavy (non-hydrogen) atoms. The van der Waals surface area contributed by atoms with Crippen molar-refractivity contribution in [1.29, 1.82) is 0 Å². The summed E-state index contributed by atoms with van der Waals surface area (Å²) in [6, 6.07) is 3.35. The highest BCUT2D eigenvalue weighted by molar-refractivity contribution is 7.91. The molecule has 1 aliphatic rings. The Bertz CT molecular complexity index is 613. The molecule has 136 valence electrons. The molecule has 0 aliphatic carbocycles. The zero-order valence-electron chi connectivity index (χ0n) is 14.4. The van der Waals surface area contributed by atoms with Crippen LogP contribution in [0.1, 0.15) is 26.7 Å². The second kappa shape index (κ2) is 8.94. The Morgan fingerprint density at radius 3 is 2.79 bits per heavy atom. The summed E-state index contributed by atoms with van der Waals surface area (Å²) < 4.78 is 27.0. The maximum atomic E-state index is 12.6. The third-order valence-electron chi connectivity index (χ3n) is 4.47. The van der Waals surface area contributed by atoms with Gasteiger partial charge < -0.3 is 10.2 Å². The number of carbonyl (C=O) groups excluding carboxylic acids is 1. The Kier molecular flexibility index (Phi) is 7.21. The monoisotopic (exact) mass is 373 g/mol. The van der Waals surface area contributed by atoms with E-state index in [0.29, 0.717) is 17.3 Å². The quantitative estimate of drug-likeness (QED) is 0.752. The summed E-state index contributed by atoms with van der Waals surface area (Å²) in [5.41, 5.74) is 0. The van der Waals surface area contributed by atoms with E-state index in [1.165, 1.54) is 15.6 Å². The first kappa shape index (κ1) is 19.4. The molecule has 0 bridgehead atoms. The maximum absolute atomic E-state index is 12.6. The van der Waals surface area contributed by atoms with E-state index in [9.17, 15) is 13.2 Å². The highest BCUT2D eigenvalue weighted by atomic mass is 32.2. The lowest BCUT2D eigenvalue weighted by molar-refractivity contribution is -0.126. The third kappa shape index (κ3) is 4.78. The molecule has 0 radical (unpaired) electrons. The number of carbonyl (C=O) groups is 1. The maximum Gasteiger partial charge on any atom is 0.252 e. The van der Waals surface area contributed by atoms with Gasteiger partial charge in [0.15, 0.2) is 0 Å². The molecule has 2 rings (SSSR count). The fraction of sp³-hybridized carbons (Fsp3) is 0.688. The van der Waals surface area contributed by atoms with Gasteiger partial charge >= 0.3 is 0 Å². The number of thiophene rings is 1. The summed E-state index contributed by atoms with van der Waals surface area (Å²) in [7, 11) is -3.46. The van der Waals surface area contributed by atoms with Crippen molar-refractivity contribution in [2.75, 3.05) is 39.3 Å². The molecule has 8 heteroatoms. The van der Waals surface area contributed by atoms with Crippen molar-refractivity contribution in [3.05, 3.63) is 17.5 Å². The van der Waals surface area contributed by atoms with Crippen LogP contribution in [0, 0.1) is 5.92 Å². The fourth-order valence-corrected chi connectivity index (χ4v) is 5.60. The second-order valence-corrected chi connectivity index (χ2v) is 9.06. The van der Waals surface area contributed by atoms with Crippen LogP contribution in [-0.4, -0.2) is 62.8 Å². The van der Waals surface area contributed by atoms with E-state index in [4.69, 9.17) is 0 Å². The Morgan fingerprint density at radius 2 is 2.17 bits per heavy atom. The molecule has 1 unspecified atom stereocenters. The largest absolute Gasteiger partial charge is 0.355 e. The fourth-order valence-electron chi connectivity index (χ4n) is 2.93. The van der Waals surface area contributed by atoms with Crippen molar-refractivity contribution in [3.63, 3.8) is 0 Å². The van der Waals surface area contributed by atoms with Crippen LogP contribution in [0.5, 0.6) is 0 Å². The number of nitrogens with one attached hydrogen (secondary N) is 1. The highest BCUT2D eigenvalue weighted by Crippen LogP contribution is 2.26. The molecule has 1 atom stereocenters. The van der Waals surface area contributed by atoms with Gasteiger partial charge in [0.05, 0.1) is 5.92 Å². The van der Waals surface area contributed by atoms with Gasteiger partial charge in [0, 0.05) is 26.2 Å². The number of rotatable bonds is 8. The molecule has 0 saturated carbocycles. The summed E-state index contributed by atoms with van der Waals surface area (Å²) in [6.07, 6.45) is 1.46. The van der Waals surface area contributed by atoms with Gasteiger partial charge in [-0.05, 0) is 37.4 Å². The van der Waals surface area contributed by atoms with Gasteiger partial charge in [-0.3, -0.25) is 4.79 Å². The number of piperidine rings is 1. The van der Waals surface area contributed by atoms with E-state index in [0.717, 1.165) is 32.5 Å². The van der Waals surface area contributed by atoms with Crippen molar-refractivity contribution in [1.82, 2.24) is 14.5 Å². The standard InChI is InChI=1S/C16H27N3O3S2/c1-3-18(4-2)11-9-17-16(20)14-7-5-10-19(13-14)24(21,22)15-8-6-12-23-15/h6,8,12,14H,3-5,7,9-11,13H2,1-2H3,(H,17,20). The van der Waals surface area contributed by atoms with E-state index in [-0.39, 0.29) is 18.4 Å². The molecule has 2 heterocycles. The lowest BCUT2D eigenvalue weighted by Crippen LogP contribution is -2.46. The molecule has 1 N–H and O–H groups in total. The minimum Gasteiger partial charge on any atom is -0.355 e. The summed E-state index contributed by atoms with van der Waals surface area (Å²) >= 11 is 1.22. The summed E-state index contributed by atoms with van der Waals surface area (Å²) in [6.45, 7) is 8.31. The van der Waals surface area contributed by atoms with Crippen molar-refractivity contribution in [2.45, 2.75) is 30.9 Å². The smallest absolute Gasteiger partial charge is 0.252 e. The predicted molar refractivity (Wildman–Crippen MR) is 96.6 cm³/mol. The van der Waals surface area contributed by atoms with E-state index >= 15 is 0 Å². The van der Waals surface area contributed by atoms with Crippen LogP contribution in [0.25, 0.3) is 0 Å². The van der Waals surface area contributed by atoms with Crippen molar-refractivity contribution >= 4 is 27.3 Å². The van der Waals surface area contributed by atoms with Crippen molar-refractivity contribution in [3.8, 4) is 0 Å². The van der Waals surface area contributed by atoms with E-state index in [2.05, 4.69) is 24.1 Å². The minimum absolute atomic E-state index is 0.0340. The molecule has 1 amide bonds. The highest BCUT2D eigenvalue weighted by Gasteiger charge is 2.33. The third-order valence-corrected chi connectivity index (χ3v) is 7.70. The molecule has 1 aromatic rings. The molecule has 1 aromatic heterocycles. The molecular formula is C16H27N3O3S2. The second-order valence-electron chi connectivity index (χ2n) is 5.95. The minimum atomic E-state index is -3.46. The molecule has 1 fully saturated rings. The van der Waals surface area contributed by atoms with Crippen LogP contribution in [-0.2, 0) is 14.8 Å². The number of hydrogen-bond acceptors (Lipinski definition) is 5. The van der Waals surface area contributed by atoms with Gasteiger partial charge in [-0.2, -0.15) is 4.31 Å². The van der Waals surface area contributed by atoms with Gasteiger partial charge in [0.2, 0.25) is 5.91 Å². The molecular weight excluding hydrogens is 346 g/mol. The van der Waals surface area contributed by atoms with E-state index in [1.54, 1.807) is 17.5 Å². The van der Waals surface area contributed by atoms with Crippen LogP contribution in [0.15, 0.2) is 21.7 Å². The Balaban J connectivity index is 1.89. The van der Waals surface area contributed by atoms with Gasteiger partial charge in [0.25, 0.3) is 10.0 Å². The zero-order valence-corrected chi connectivity index (χ0v) is 16.0. The lowest BCUT2D eigenvalue weighted by Gasteiger charge is -2.31. The Morgan fingerprint density at radius 1 is 1.42 bits per heavy atom. The van der Waals surface area contributed by atoms with Gasteiger partial charge in [-0.15, -0.1) is 11.3 Å². The molecule has 1 aliphatic heterocycles. The van der Waals surface area contributed by atoms with E-state index in [1.807, 2.05) is 0 Å². The topological polar surface area (TPSA) is 69.7 Å². The number of likely N-dealkylation sites (N-methyl/N-ethyl adjacent to an activating group) is 1. The van der Waals surface area contributed by atoms with Crippen molar-refractivity contribution < 1.29 is 13.2 Å². The van der Waals surface area contributed by atoms with Crippen molar-refractivity contribution in [2.24, 2.45) is 5.92 Å².